The Labute approximate surface area is 252 Å². The lowest BCUT2D eigenvalue weighted by molar-refractivity contribution is -0.128. The van der Waals surface area contributed by atoms with Crippen LogP contribution in [0.2, 0.25) is 5.02 Å². The number of nitrogens with one attached hydrogen (secondary N) is 1. The maximum atomic E-state index is 13.8. The van der Waals surface area contributed by atoms with Gasteiger partial charge < -0.3 is 34.3 Å². The first-order chi connectivity index (χ1) is 20.2. The molecule has 0 bridgehead atoms. The van der Waals surface area contributed by atoms with Gasteiger partial charge in [0.2, 0.25) is 17.5 Å². The van der Waals surface area contributed by atoms with Gasteiger partial charge in [-0.15, -0.1) is 0 Å². The number of rotatable bonds is 9. The summed E-state index contributed by atoms with van der Waals surface area (Å²) in [5.41, 5.74) is 0.0417. The first-order valence-electron chi connectivity index (χ1n) is 13.3. The Balaban J connectivity index is 0.000000973. The van der Waals surface area contributed by atoms with Crippen molar-refractivity contribution in [3.8, 4) is 11.5 Å². The van der Waals surface area contributed by atoms with E-state index >= 15 is 0 Å². The first-order valence-corrected chi connectivity index (χ1v) is 13.7. The van der Waals surface area contributed by atoms with Crippen molar-refractivity contribution in [1.29, 1.82) is 0 Å². The molecule has 43 heavy (non-hydrogen) atoms. The summed E-state index contributed by atoms with van der Waals surface area (Å²) < 4.78 is 69.2. The summed E-state index contributed by atoms with van der Waals surface area (Å²) in [5, 5.41) is 13.1. The van der Waals surface area contributed by atoms with Crippen molar-refractivity contribution in [1.82, 2.24) is 10.2 Å². The Morgan fingerprint density at radius 1 is 1.12 bits per heavy atom. The number of aldehydes is 1. The number of hydrogen-bond donors (Lipinski definition) is 2. The molecule has 1 fully saturated rings. The van der Waals surface area contributed by atoms with E-state index in [4.69, 9.17) is 25.8 Å². The number of benzene rings is 2. The largest absolute Gasteiger partial charge is 0.485 e. The van der Waals surface area contributed by atoms with E-state index in [2.05, 4.69) is 5.32 Å². The summed E-state index contributed by atoms with van der Waals surface area (Å²) >= 11 is 5.98. The molecule has 0 radical (unpaired) electrons. The molecule has 9 nitrogen and oxygen atoms in total. The Kier molecular flexibility index (Phi) is 13.7. The molecule has 3 rings (SSSR count). The highest BCUT2D eigenvalue weighted by atomic mass is 35.5. The summed E-state index contributed by atoms with van der Waals surface area (Å²) in [6, 6.07) is 5.24. The third-order valence-electron chi connectivity index (χ3n) is 6.38. The summed E-state index contributed by atoms with van der Waals surface area (Å²) in [7, 11) is 1.71. The van der Waals surface area contributed by atoms with Gasteiger partial charge in [-0.3, -0.25) is 4.79 Å². The van der Waals surface area contributed by atoms with Crippen LogP contribution >= 0.6 is 11.6 Å². The molecule has 2 aromatic carbocycles. The van der Waals surface area contributed by atoms with Crippen LogP contribution < -0.4 is 14.8 Å². The van der Waals surface area contributed by atoms with Gasteiger partial charge in [0, 0.05) is 38.6 Å². The third kappa shape index (κ3) is 11.0. The molecule has 0 aromatic heterocycles. The van der Waals surface area contributed by atoms with E-state index in [9.17, 15) is 37.1 Å². The van der Waals surface area contributed by atoms with Crippen molar-refractivity contribution in [3.63, 3.8) is 0 Å². The van der Waals surface area contributed by atoms with Crippen LogP contribution in [-0.2, 0) is 14.3 Å². The molecular weight excluding hydrogens is 600 g/mol. The zero-order chi connectivity index (χ0) is 32.3. The lowest BCUT2D eigenvalue weighted by atomic mass is 9.95. The van der Waals surface area contributed by atoms with E-state index in [0.717, 1.165) is 0 Å². The molecule has 2 amide bonds. The van der Waals surface area contributed by atoms with Crippen LogP contribution in [0, 0.1) is 29.2 Å². The molecule has 0 saturated carbocycles. The second-order valence-electron chi connectivity index (χ2n) is 10.6. The SMILES string of the molecule is COC(C)(C)C.O=CCC(NC(=O)C1CCN(C(=O)Oc2ccccc2Cl)CC1)C(O)COc1c(F)c(F)cc(F)c1F. The van der Waals surface area contributed by atoms with E-state index in [0.29, 0.717) is 6.29 Å². The first kappa shape index (κ1) is 35.8. The number of methoxy groups -OCH3 is 1. The maximum Gasteiger partial charge on any atom is 0.415 e. The van der Waals surface area contributed by atoms with Crippen molar-refractivity contribution < 1.29 is 51.3 Å². The summed E-state index contributed by atoms with van der Waals surface area (Å²) in [5.74, 6) is -9.24. The number of para-hydroxylation sites is 1. The second-order valence-corrected chi connectivity index (χ2v) is 11.0. The highest BCUT2D eigenvalue weighted by Crippen LogP contribution is 2.27. The monoisotopic (exact) mass is 634 g/mol. The number of nitrogens with zero attached hydrogens (tertiary/aromatic N) is 1. The smallest absolute Gasteiger partial charge is 0.415 e. The van der Waals surface area contributed by atoms with Gasteiger partial charge in [-0.2, -0.15) is 8.78 Å². The zero-order valence-corrected chi connectivity index (χ0v) is 24.9. The molecular formula is C29H35ClF4N2O7. The van der Waals surface area contributed by atoms with Gasteiger partial charge >= 0.3 is 6.09 Å². The Morgan fingerprint density at radius 2 is 1.67 bits per heavy atom. The lowest BCUT2D eigenvalue weighted by Gasteiger charge is -2.32. The van der Waals surface area contributed by atoms with E-state index in [1.807, 2.05) is 20.8 Å². The summed E-state index contributed by atoms with van der Waals surface area (Å²) in [6.45, 7) is 5.57. The molecule has 0 aliphatic carbocycles. The van der Waals surface area contributed by atoms with Gasteiger partial charge in [0.1, 0.15) is 19.0 Å². The number of carbonyl (C=O) groups excluding carboxylic acids is 3. The minimum atomic E-state index is -1.79. The molecule has 1 aliphatic rings. The van der Waals surface area contributed by atoms with Crippen molar-refractivity contribution >= 4 is 29.9 Å². The number of aliphatic hydroxyl groups excluding tert-OH is 1. The molecule has 2 N–H and O–H groups in total. The van der Waals surface area contributed by atoms with Crippen molar-refractivity contribution in [2.75, 3.05) is 26.8 Å². The van der Waals surface area contributed by atoms with Gasteiger partial charge in [0.25, 0.3) is 0 Å². The topological polar surface area (TPSA) is 114 Å². The van der Waals surface area contributed by atoms with Gasteiger partial charge in [-0.05, 0) is 45.7 Å². The van der Waals surface area contributed by atoms with Crippen LogP contribution in [0.4, 0.5) is 22.4 Å². The lowest BCUT2D eigenvalue weighted by Crippen LogP contribution is -2.50. The molecule has 2 atom stereocenters. The Hall–Kier alpha value is -3.42. The zero-order valence-electron chi connectivity index (χ0n) is 24.2. The van der Waals surface area contributed by atoms with Crippen LogP contribution in [0.1, 0.15) is 40.0 Å². The average Bonchev–Trinajstić information content (AvgIpc) is 2.97. The van der Waals surface area contributed by atoms with Crippen LogP contribution in [-0.4, -0.2) is 72.8 Å². The van der Waals surface area contributed by atoms with Crippen molar-refractivity contribution in [3.05, 3.63) is 58.6 Å². The van der Waals surface area contributed by atoms with Crippen molar-refractivity contribution in [2.24, 2.45) is 5.92 Å². The Bertz CT molecular complexity index is 1230. The Morgan fingerprint density at radius 3 is 2.19 bits per heavy atom. The highest BCUT2D eigenvalue weighted by molar-refractivity contribution is 6.32. The number of amides is 2. The maximum absolute atomic E-state index is 13.8. The van der Waals surface area contributed by atoms with Gasteiger partial charge in [0.15, 0.2) is 23.1 Å². The number of carbonyl (C=O) groups is 3. The van der Waals surface area contributed by atoms with E-state index < -0.39 is 65.7 Å². The average molecular weight is 635 g/mol. The molecule has 1 aliphatic heterocycles. The van der Waals surface area contributed by atoms with Gasteiger partial charge in [-0.25, -0.2) is 13.6 Å². The molecule has 2 unspecified atom stereocenters. The fourth-order valence-electron chi connectivity index (χ4n) is 3.69. The van der Waals surface area contributed by atoms with Crippen molar-refractivity contribution in [2.45, 2.75) is 57.8 Å². The quantitative estimate of drug-likeness (QED) is 0.225. The van der Waals surface area contributed by atoms with Crippen LogP contribution in [0.5, 0.6) is 11.5 Å². The van der Waals surface area contributed by atoms with E-state index in [1.54, 1.807) is 25.3 Å². The predicted octanol–water partition coefficient (Wildman–Crippen LogP) is 5.05. The fraction of sp³-hybridized carbons (Fsp3) is 0.483. The fourth-order valence-corrected chi connectivity index (χ4v) is 3.86. The van der Waals surface area contributed by atoms with Gasteiger partial charge in [0.05, 0.1) is 16.7 Å². The minimum absolute atomic E-state index is 0.00514. The van der Waals surface area contributed by atoms with Crippen LogP contribution in [0.25, 0.3) is 0 Å². The summed E-state index contributed by atoms with van der Waals surface area (Å²) in [6.07, 6.45) is -1.74. The number of likely N-dealkylation sites (tertiary alicyclic amines) is 1. The molecule has 2 aromatic rings. The van der Waals surface area contributed by atoms with Crippen LogP contribution in [0.15, 0.2) is 30.3 Å². The number of hydrogen-bond acceptors (Lipinski definition) is 7. The second kappa shape index (κ2) is 16.4. The minimum Gasteiger partial charge on any atom is -0.485 e. The standard InChI is InChI=1S/C24H23ClF4N2O6.C5H12O/c25-14-3-1-2-4-19(14)37-24(35)31-8-5-13(6-9-31)23(34)30-17(7-10-32)18(33)12-36-22-20(28)15(26)11-16(27)21(22)29;1-5(2,3)6-4/h1-4,10-11,13,17-18,33H,5-9,12H2,(H,30,34);1-4H3. The predicted molar refractivity (Wildman–Crippen MR) is 149 cm³/mol. The summed E-state index contributed by atoms with van der Waals surface area (Å²) in [4.78, 5) is 37.6. The number of halogens is 5. The molecule has 1 saturated heterocycles. The third-order valence-corrected chi connectivity index (χ3v) is 6.69. The van der Waals surface area contributed by atoms with E-state index in [-0.39, 0.29) is 54.8 Å². The normalized spacial score (nSPS) is 15.1. The van der Waals surface area contributed by atoms with Crippen LogP contribution in [0.3, 0.4) is 0 Å². The molecule has 1 heterocycles. The van der Waals surface area contributed by atoms with Gasteiger partial charge in [-0.1, -0.05) is 23.7 Å². The molecule has 238 valence electrons. The number of aliphatic hydroxyl groups is 1. The molecule has 0 spiro atoms. The van der Waals surface area contributed by atoms with E-state index in [1.165, 1.54) is 11.0 Å². The highest BCUT2D eigenvalue weighted by Gasteiger charge is 2.31. The number of piperidine rings is 1. The number of ether oxygens (including phenoxy) is 3. The molecule has 14 heteroatoms.